The number of anilines is 3. The fourth-order valence-electron chi connectivity index (χ4n) is 1.92. The van der Waals surface area contributed by atoms with Crippen molar-refractivity contribution in [3.8, 4) is 0 Å². The van der Waals surface area contributed by atoms with E-state index in [-0.39, 0.29) is 0 Å². The summed E-state index contributed by atoms with van der Waals surface area (Å²) in [6.07, 6.45) is 3.81. The molecule has 0 aliphatic rings. The van der Waals surface area contributed by atoms with Crippen molar-refractivity contribution in [2.24, 2.45) is 0 Å². The van der Waals surface area contributed by atoms with Gasteiger partial charge in [-0.05, 0) is 19.8 Å². The molecule has 0 unspecified atom stereocenters. The van der Waals surface area contributed by atoms with Gasteiger partial charge in [-0.25, -0.2) is 0 Å². The molecular weight excluding hydrogens is 256 g/mol. The maximum Gasteiger partial charge on any atom is 0.250 e. The van der Waals surface area contributed by atoms with Crippen LogP contribution in [0, 0.1) is 6.92 Å². The molecule has 0 spiro atoms. The van der Waals surface area contributed by atoms with Crippen molar-refractivity contribution in [1.82, 2.24) is 20.3 Å². The van der Waals surface area contributed by atoms with Crippen molar-refractivity contribution in [3.05, 3.63) is 18.0 Å². The van der Waals surface area contributed by atoms with Crippen molar-refractivity contribution in [1.29, 1.82) is 0 Å². The van der Waals surface area contributed by atoms with E-state index >= 15 is 0 Å². The first-order valence-corrected chi connectivity index (χ1v) is 6.88. The van der Waals surface area contributed by atoms with Gasteiger partial charge in [0.2, 0.25) is 5.95 Å². The summed E-state index contributed by atoms with van der Waals surface area (Å²) in [5, 5.41) is 14.8. The molecule has 0 atom stereocenters. The fraction of sp³-hybridized carbons (Fsp3) is 0.538. The lowest BCUT2D eigenvalue weighted by atomic mass is 10.3. The summed E-state index contributed by atoms with van der Waals surface area (Å²) in [5.41, 5.74) is 0. The lowest BCUT2D eigenvalue weighted by molar-refractivity contribution is 0.400. The summed E-state index contributed by atoms with van der Waals surface area (Å²) < 4.78 is 4.99. The van der Waals surface area contributed by atoms with Crippen LogP contribution in [0.25, 0.3) is 0 Å². The molecule has 20 heavy (non-hydrogen) atoms. The van der Waals surface area contributed by atoms with Crippen LogP contribution in [-0.2, 0) is 0 Å². The SMILES string of the molecule is CCCN(CCC)c1cnnc(Nc2cc(C)on2)n1. The van der Waals surface area contributed by atoms with Gasteiger partial charge in [-0.15, -0.1) is 5.10 Å². The Morgan fingerprint density at radius 3 is 2.60 bits per heavy atom. The highest BCUT2D eigenvalue weighted by Crippen LogP contribution is 2.15. The van der Waals surface area contributed by atoms with Crippen LogP contribution in [0.3, 0.4) is 0 Å². The van der Waals surface area contributed by atoms with Gasteiger partial charge in [0.15, 0.2) is 11.6 Å². The van der Waals surface area contributed by atoms with Crippen LogP contribution in [0.5, 0.6) is 0 Å². The molecule has 0 radical (unpaired) electrons. The van der Waals surface area contributed by atoms with Gasteiger partial charge in [-0.2, -0.15) is 10.1 Å². The zero-order valence-electron chi connectivity index (χ0n) is 12.1. The smallest absolute Gasteiger partial charge is 0.250 e. The van der Waals surface area contributed by atoms with E-state index in [1.165, 1.54) is 0 Å². The normalized spacial score (nSPS) is 10.6. The Labute approximate surface area is 118 Å². The van der Waals surface area contributed by atoms with Gasteiger partial charge < -0.3 is 14.7 Å². The first-order valence-electron chi connectivity index (χ1n) is 6.88. The molecular formula is C13H20N6O. The van der Waals surface area contributed by atoms with Gasteiger partial charge in [0, 0.05) is 19.2 Å². The average molecular weight is 276 g/mol. The molecule has 7 heteroatoms. The predicted octanol–water partition coefficient (Wildman–Crippen LogP) is 2.54. The number of nitrogens with zero attached hydrogens (tertiary/aromatic N) is 5. The van der Waals surface area contributed by atoms with E-state index < -0.39 is 0 Å². The van der Waals surface area contributed by atoms with E-state index in [0.29, 0.717) is 11.8 Å². The molecule has 2 aromatic heterocycles. The highest BCUT2D eigenvalue weighted by molar-refractivity contribution is 5.49. The van der Waals surface area contributed by atoms with Gasteiger partial charge >= 0.3 is 0 Å². The minimum atomic E-state index is 0.424. The first-order chi connectivity index (χ1) is 9.72. The Morgan fingerprint density at radius 1 is 1.25 bits per heavy atom. The molecule has 2 aromatic rings. The molecule has 0 aliphatic carbocycles. The highest BCUT2D eigenvalue weighted by atomic mass is 16.5. The third-order valence-electron chi connectivity index (χ3n) is 2.72. The second-order valence-corrected chi connectivity index (χ2v) is 4.57. The van der Waals surface area contributed by atoms with Gasteiger partial charge in [-0.3, -0.25) is 0 Å². The number of rotatable bonds is 7. The molecule has 0 aromatic carbocycles. The molecule has 7 nitrogen and oxygen atoms in total. The maximum absolute atomic E-state index is 4.99. The van der Waals surface area contributed by atoms with Crippen LogP contribution in [0.15, 0.2) is 16.8 Å². The van der Waals surface area contributed by atoms with Crippen molar-refractivity contribution in [2.45, 2.75) is 33.6 Å². The van der Waals surface area contributed by atoms with Crippen LogP contribution in [-0.4, -0.2) is 33.4 Å². The zero-order valence-corrected chi connectivity index (χ0v) is 12.1. The molecule has 0 aliphatic heterocycles. The number of aromatic nitrogens is 4. The Morgan fingerprint density at radius 2 is 2.00 bits per heavy atom. The molecule has 0 amide bonds. The third kappa shape index (κ3) is 3.66. The monoisotopic (exact) mass is 276 g/mol. The average Bonchev–Trinajstić information content (AvgIpc) is 2.84. The van der Waals surface area contributed by atoms with Gasteiger partial charge in [0.05, 0.1) is 6.20 Å². The van der Waals surface area contributed by atoms with E-state index in [1.54, 1.807) is 12.3 Å². The Kier molecular flexibility index (Phi) is 4.86. The lowest BCUT2D eigenvalue weighted by Crippen LogP contribution is -2.26. The summed E-state index contributed by atoms with van der Waals surface area (Å²) in [4.78, 5) is 6.68. The molecule has 2 heterocycles. The second kappa shape index (κ2) is 6.83. The number of nitrogens with one attached hydrogen (secondary N) is 1. The molecule has 2 rings (SSSR count). The van der Waals surface area contributed by atoms with E-state index in [0.717, 1.165) is 37.5 Å². The molecule has 1 N–H and O–H groups in total. The fourth-order valence-corrected chi connectivity index (χ4v) is 1.92. The van der Waals surface area contributed by atoms with Crippen molar-refractivity contribution >= 4 is 17.6 Å². The summed E-state index contributed by atoms with van der Waals surface area (Å²) in [7, 11) is 0. The molecule has 108 valence electrons. The number of hydrogen-bond acceptors (Lipinski definition) is 7. The molecule has 0 saturated carbocycles. The third-order valence-corrected chi connectivity index (χ3v) is 2.72. The maximum atomic E-state index is 4.99. The summed E-state index contributed by atoms with van der Waals surface area (Å²) in [6.45, 7) is 8.03. The molecule has 0 fully saturated rings. The Bertz CT molecular complexity index is 535. The topological polar surface area (TPSA) is 80.0 Å². The van der Waals surface area contributed by atoms with Crippen LogP contribution in [0.4, 0.5) is 17.6 Å². The zero-order chi connectivity index (χ0) is 14.4. The Hall–Kier alpha value is -2.18. The second-order valence-electron chi connectivity index (χ2n) is 4.57. The van der Waals surface area contributed by atoms with E-state index in [9.17, 15) is 0 Å². The number of aryl methyl sites for hydroxylation is 1. The van der Waals surface area contributed by atoms with E-state index in [2.05, 4.69) is 44.4 Å². The van der Waals surface area contributed by atoms with E-state index in [1.807, 2.05) is 6.92 Å². The highest BCUT2D eigenvalue weighted by Gasteiger charge is 2.09. The Balaban J connectivity index is 2.13. The summed E-state index contributed by atoms with van der Waals surface area (Å²) in [6, 6.07) is 1.78. The van der Waals surface area contributed by atoms with Gasteiger partial charge in [0.1, 0.15) is 5.76 Å². The van der Waals surface area contributed by atoms with Crippen LogP contribution in [0.2, 0.25) is 0 Å². The van der Waals surface area contributed by atoms with Crippen LogP contribution < -0.4 is 10.2 Å². The molecule has 0 saturated heterocycles. The van der Waals surface area contributed by atoms with Gasteiger partial charge in [0.25, 0.3) is 0 Å². The minimum Gasteiger partial charge on any atom is -0.360 e. The quantitative estimate of drug-likeness (QED) is 0.832. The lowest BCUT2D eigenvalue weighted by Gasteiger charge is -2.21. The van der Waals surface area contributed by atoms with E-state index in [4.69, 9.17) is 4.52 Å². The number of hydrogen-bond donors (Lipinski definition) is 1. The largest absolute Gasteiger partial charge is 0.360 e. The standard InChI is InChI=1S/C13H20N6O/c1-4-6-19(7-5-2)12-9-14-17-13(16-12)15-11-8-10(3)20-18-11/h8-9H,4-7H2,1-3H3,(H,15,16,17,18). The van der Waals surface area contributed by atoms with Gasteiger partial charge in [-0.1, -0.05) is 19.0 Å². The van der Waals surface area contributed by atoms with Crippen LogP contribution >= 0.6 is 0 Å². The summed E-state index contributed by atoms with van der Waals surface area (Å²) >= 11 is 0. The minimum absolute atomic E-state index is 0.424. The van der Waals surface area contributed by atoms with Crippen molar-refractivity contribution in [3.63, 3.8) is 0 Å². The predicted molar refractivity (Wildman–Crippen MR) is 77.1 cm³/mol. The summed E-state index contributed by atoms with van der Waals surface area (Å²) in [5.74, 6) is 2.56. The molecule has 0 bridgehead atoms. The van der Waals surface area contributed by atoms with Crippen LogP contribution in [0.1, 0.15) is 32.4 Å². The van der Waals surface area contributed by atoms with Crippen molar-refractivity contribution in [2.75, 3.05) is 23.3 Å². The first kappa shape index (κ1) is 14.2. The van der Waals surface area contributed by atoms with Crippen molar-refractivity contribution < 1.29 is 4.52 Å².